The number of aromatic nitrogens is 3. The molecular weight excluding hydrogens is 445 g/mol. The van der Waals surface area contributed by atoms with Crippen molar-refractivity contribution in [1.29, 1.82) is 0 Å². The Morgan fingerprint density at radius 2 is 2.03 bits per heavy atom. The molecule has 4 rings (SSSR count). The van der Waals surface area contributed by atoms with Crippen molar-refractivity contribution in [3.05, 3.63) is 47.5 Å². The van der Waals surface area contributed by atoms with Crippen molar-refractivity contribution >= 4 is 16.8 Å². The van der Waals surface area contributed by atoms with E-state index in [1.54, 1.807) is 6.07 Å². The lowest BCUT2D eigenvalue weighted by molar-refractivity contribution is -0.325. The zero-order valence-corrected chi connectivity index (χ0v) is 17.6. The van der Waals surface area contributed by atoms with Gasteiger partial charge in [0.25, 0.3) is 5.91 Å². The molecule has 1 aliphatic heterocycles. The van der Waals surface area contributed by atoms with Crippen LogP contribution in [0.15, 0.2) is 34.7 Å². The summed E-state index contributed by atoms with van der Waals surface area (Å²) in [5.74, 6) is -0.142. The standard InChI is InChI=1S/C21H21F3N4O5/c1-12-2-5-15-13(10-12)3-6-16(26-15)18(29)25-14-4-7-17(31-11-14)19-27-28-20(33-19)30-8-9-32-21(22,23)24/h2-3,5-6,10,14,17H,4,7-9,11H2,1H3,(H,25,29)/t14-,17+/m0/s1. The number of carbonyl (C=O) groups excluding carboxylic acids is 1. The van der Waals surface area contributed by atoms with Crippen molar-refractivity contribution in [2.45, 2.75) is 38.3 Å². The van der Waals surface area contributed by atoms with E-state index in [-0.39, 0.29) is 30.5 Å². The number of aryl methyl sites for hydroxylation is 1. The van der Waals surface area contributed by atoms with Gasteiger partial charge in [-0.15, -0.1) is 18.3 Å². The fourth-order valence-corrected chi connectivity index (χ4v) is 3.39. The molecule has 0 radical (unpaired) electrons. The molecule has 1 saturated heterocycles. The van der Waals surface area contributed by atoms with Crippen LogP contribution in [0.5, 0.6) is 6.08 Å². The number of hydrogen-bond donors (Lipinski definition) is 1. The predicted molar refractivity (Wildman–Crippen MR) is 107 cm³/mol. The summed E-state index contributed by atoms with van der Waals surface area (Å²) in [6, 6.07) is 9.15. The second-order valence-corrected chi connectivity index (χ2v) is 7.51. The van der Waals surface area contributed by atoms with Crippen LogP contribution in [0.3, 0.4) is 0 Å². The SMILES string of the molecule is Cc1ccc2nc(C(=O)N[C@H]3CC[C@H](c4nnc(OCCOC(F)(F)F)o4)OC3)ccc2c1. The summed E-state index contributed by atoms with van der Waals surface area (Å²) >= 11 is 0. The van der Waals surface area contributed by atoms with Crippen LogP contribution < -0.4 is 10.1 Å². The molecule has 3 heterocycles. The van der Waals surface area contributed by atoms with Gasteiger partial charge in [-0.05, 0) is 38.0 Å². The third-order valence-electron chi connectivity index (χ3n) is 4.96. The highest BCUT2D eigenvalue weighted by atomic mass is 19.4. The minimum absolute atomic E-state index is 0.151. The molecule has 0 spiro atoms. The van der Waals surface area contributed by atoms with E-state index < -0.39 is 25.7 Å². The van der Waals surface area contributed by atoms with Crippen LogP contribution in [-0.4, -0.2) is 53.3 Å². The average molecular weight is 466 g/mol. The third-order valence-corrected chi connectivity index (χ3v) is 4.96. The van der Waals surface area contributed by atoms with Crippen LogP contribution in [0.1, 0.15) is 40.9 Å². The number of halogens is 3. The molecule has 1 amide bonds. The van der Waals surface area contributed by atoms with E-state index in [2.05, 4.69) is 25.2 Å². The molecule has 0 aliphatic carbocycles. The van der Waals surface area contributed by atoms with E-state index in [4.69, 9.17) is 13.9 Å². The van der Waals surface area contributed by atoms with Gasteiger partial charge in [-0.1, -0.05) is 22.8 Å². The molecule has 33 heavy (non-hydrogen) atoms. The van der Waals surface area contributed by atoms with Crippen molar-refractivity contribution in [1.82, 2.24) is 20.5 Å². The first-order valence-electron chi connectivity index (χ1n) is 10.2. The number of rotatable bonds is 7. The van der Waals surface area contributed by atoms with Gasteiger partial charge in [-0.2, -0.15) is 0 Å². The largest absolute Gasteiger partial charge is 0.522 e. The van der Waals surface area contributed by atoms with Crippen molar-refractivity contribution in [3.63, 3.8) is 0 Å². The summed E-state index contributed by atoms with van der Waals surface area (Å²) in [6.07, 6.45) is -4.41. The average Bonchev–Trinajstić information content (AvgIpc) is 3.25. The Morgan fingerprint density at radius 3 is 2.79 bits per heavy atom. The molecule has 0 unspecified atom stereocenters. The number of amides is 1. The Hall–Kier alpha value is -3.25. The molecule has 3 aromatic rings. The van der Waals surface area contributed by atoms with Crippen LogP contribution >= 0.6 is 0 Å². The van der Waals surface area contributed by atoms with Gasteiger partial charge in [0, 0.05) is 5.39 Å². The number of nitrogens with one attached hydrogen (secondary N) is 1. The Morgan fingerprint density at radius 1 is 1.18 bits per heavy atom. The Kier molecular flexibility index (Phi) is 6.75. The van der Waals surface area contributed by atoms with E-state index >= 15 is 0 Å². The number of ether oxygens (including phenoxy) is 3. The van der Waals surface area contributed by atoms with Gasteiger partial charge in [0.05, 0.1) is 24.8 Å². The van der Waals surface area contributed by atoms with Crippen LogP contribution in [0.2, 0.25) is 0 Å². The molecular formula is C21H21F3N4O5. The summed E-state index contributed by atoms with van der Waals surface area (Å²) in [4.78, 5) is 17.0. The van der Waals surface area contributed by atoms with Gasteiger partial charge in [0.1, 0.15) is 18.4 Å². The fraction of sp³-hybridized carbons (Fsp3) is 0.429. The van der Waals surface area contributed by atoms with Crippen LogP contribution in [0.4, 0.5) is 13.2 Å². The lowest BCUT2D eigenvalue weighted by Crippen LogP contribution is -2.41. The first-order chi connectivity index (χ1) is 15.8. The van der Waals surface area contributed by atoms with E-state index in [0.29, 0.717) is 18.5 Å². The fourth-order valence-electron chi connectivity index (χ4n) is 3.39. The molecule has 2 atom stereocenters. The van der Waals surface area contributed by atoms with Gasteiger partial charge in [-0.3, -0.25) is 9.53 Å². The summed E-state index contributed by atoms with van der Waals surface area (Å²) in [5, 5.41) is 11.3. The topological polar surface area (TPSA) is 109 Å². The minimum Gasteiger partial charge on any atom is -0.447 e. The molecule has 1 aromatic carbocycles. The van der Waals surface area contributed by atoms with Crippen molar-refractivity contribution in [3.8, 4) is 6.08 Å². The van der Waals surface area contributed by atoms with Gasteiger partial charge in [0.2, 0.25) is 5.89 Å². The summed E-state index contributed by atoms with van der Waals surface area (Å²) in [7, 11) is 0. The molecule has 2 aromatic heterocycles. The summed E-state index contributed by atoms with van der Waals surface area (Å²) in [5.41, 5.74) is 2.18. The highest BCUT2D eigenvalue weighted by molar-refractivity contribution is 5.95. The van der Waals surface area contributed by atoms with E-state index in [1.165, 1.54) is 0 Å². The minimum atomic E-state index is -4.73. The van der Waals surface area contributed by atoms with E-state index in [9.17, 15) is 18.0 Å². The highest BCUT2D eigenvalue weighted by Crippen LogP contribution is 2.28. The van der Waals surface area contributed by atoms with Crippen molar-refractivity contribution < 1.29 is 36.6 Å². The number of hydrogen-bond acceptors (Lipinski definition) is 8. The molecule has 12 heteroatoms. The number of alkyl halides is 3. The Balaban J connectivity index is 1.25. The normalized spacial score (nSPS) is 18.9. The number of fused-ring (bicyclic) bond motifs is 1. The number of benzene rings is 1. The number of pyridine rings is 1. The maximum absolute atomic E-state index is 12.6. The third kappa shape index (κ3) is 6.17. The zero-order chi connectivity index (χ0) is 23.4. The van der Waals surface area contributed by atoms with E-state index in [0.717, 1.165) is 16.5 Å². The van der Waals surface area contributed by atoms with Gasteiger partial charge >= 0.3 is 12.4 Å². The van der Waals surface area contributed by atoms with Crippen LogP contribution in [0.25, 0.3) is 10.9 Å². The summed E-state index contributed by atoms with van der Waals surface area (Å²) < 4.78 is 55.4. The predicted octanol–water partition coefficient (Wildman–Crippen LogP) is 3.49. The lowest BCUT2D eigenvalue weighted by Gasteiger charge is -2.27. The maximum Gasteiger partial charge on any atom is 0.522 e. The first-order valence-corrected chi connectivity index (χ1v) is 10.2. The Bertz CT molecular complexity index is 1110. The van der Waals surface area contributed by atoms with Gasteiger partial charge in [-0.25, -0.2) is 4.98 Å². The van der Waals surface area contributed by atoms with Crippen molar-refractivity contribution in [2.75, 3.05) is 19.8 Å². The monoisotopic (exact) mass is 466 g/mol. The smallest absolute Gasteiger partial charge is 0.447 e. The van der Waals surface area contributed by atoms with Crippen molar-refractivity contribution in [2.24, 2.45) is 0 Å². The van der Waals surface area contributed by atoms with Gasteiger partial charge < -0.3 is 19.2 Å². The molecule has 176 valence electrons. The number of nitrogens with zero attached hydrogens (tertiary/aromatic N) is 3. The molecule has 9 nitrogen and oxygen atoms in total. The molecule has 0 bridgehead atoms. The van der Waals surface area contributed by atoms with Gasteiger partial charge in [0.15, 0.2) is 0 Å². The second kappa shape index (κ2) is 9.71. The molecule has 0 saturated carbocycles. The first kappa shape index (κ1) is 22.9. The highest BCUT2D eigenvalue weighted by Gasteiger charge is 2.30. The summed E-state index contributed by atoms with van der Waals surface area (Å²) in [6.45, 7) is 1.12. The van der Waals surface area contributed by atoms with Crippen LogP contribution in [0, 0.1) is 6.92 Å². The molecule has 1 fully saturated rings. The second-order valence-electron chi connectivity index (χ2n) is 7.51. The molecule has 1 N–H and O–H groups in total. The zero-order valence-electron chi connectivity index (χ0n) is 17.6. The maximum atomic E-state index is 12.6. The quantitative estimate of drug-likeness (QED) is 0.527. The Labute approximate surface area is 186 Å². The van der Waals surface area contributed by atoms with E-state index in [1.807, 2.05) is 31.2 Å². The van der Waals surface area contributed by atoms with Crippen LogP contribution in [-0.2, 0) is 9.47 Å². The number of carbonyl (C=O) groups is 1. The molecule has 1 aliphatic rings. The lowest BCUT2D eigenvalue weighted by atomic mass is 10.0.